The second-order valence-electron chi connectivity index (χ2n) is 2.53. The van der Waals surface area contributed by atoms with Crippen LogP contribution in [0.15, 0.2) is 18.2 Å². The summed E-state index contributed by atoms with van der Waals surface area (Å²) in [6, 6.07) is 2.82. The number of aromatic carboxylic acids is 2. The molecule has 18 heavy (non-hydrogen) atoms. The van der Waals surface area contributed by atoms with Crippen molar-refractivity contribution in [3.8, 4) is 0 Å². The van der Waals surface area contributed by atoms with Crippen LogP contribution in [0.1, 0.15) is 20.7 Å². The molecule has 0 saturated carbocycles. The number of nitro groups is 1. The standard InChI is InChI=1S/C8H5NO6.Cu.2H2O/c10-7(11)4-2-1-3-5(9(14)15)6(4)8(12)13;;;/h1-3H,(H,10,11)(H,12,13);;2*1H2/q;+2;;/p-2. The Labute approximate surface area is 110 Å². The number of carboxylic acid groups (broad SMARTS) is 2. The number of nitrogens with zero attached hydrogens (tertiary/aromatic N) is 1. The number of hydrogen-bond donors (Lipinski definition) is 0. The summed E-state index contributed by atoms with van der Waals surface area (Å²) in [6.07, 6.45) is 0. The summed E-state index contributed by atoms with van der Waals surface area (Å²) >= 11 is 0. The third kappa shape index (κ3) is 4.11. The van der Waals surface area contributed by atoms with E-state index in [1.54, 1.807) is 0 Å². The van der Waals surface area contributed by atoms with E-state index in [9.17, 15) is 29.9 Å². The normalized spacial score (nSPS) is 8.00. The van der Waals surface area contributed by atoms with Gasteiger partial charge in [0, 0.05) is 11.6 Å². The zero-order valence-corrected chi connectivity index (χ0v) is 9.37. The predicted molar refractivity (Wildman–Crippen MR) is 49.0 cm³/mol. The summed E-state index contributed by atoms with van der Waals surface area (Å²) < 4.78 is 0. The topological polar surface area (TPSA) is 186 Å². The van der Waals surface area contributed by atoms with Gasteiger partial charge in [-0.05, 0) is 0 Å². The van der Waals surface area contributed by atoms with E-state index in [4.69, 9.17) is 0 Å². The van der Waals surface area contributed by atoms with Crippen LogP contribution in [0.4, 0.5) is 5.69 Å². The van der Waals surface area contributed by atoms with Gasteiger partial charge in [-0.25, -0.2) is 0 Å². The maximum absolute atomic E-state index is 10.5. The van der Waals surface area contributed by atoms with Crippen LogP contribution in [-0.2, 0) is 17.1 Å². The molecule has 0 saturated heterocycles. The summed E-state index contributed by atoms with van der Waals surface area (Å²) in [4.78, 5) is 30.4. The van der Waals surface area contributed by atoms with Crippen molar-refractivity contribution in [2.45, 2.75) is 0 Å². The first-order valence-corrected chi connectivity index (χ1v) is 3.65. The van der Waals surface area contributed by atoms with Crippen LogP contribution < -0.4 is 10.2 Å². The number of nitro benzene ring substituents is 1. The molecule has 0 aliphatic heterocycles. The van der Waals surface area contributed by atoms with E-state index in [0.29, 0.717) is 0 Å². The summed E-state index contributed by atoms with van der Waals surface area (Å²) in [5.74, 6) is -3.74. The molecule has 103 valence electrons. The molecule has 0 heterocycles. The fourth-order valence-corrected chi connectivity index (χ4v) is 1.08. The van der Waals surface area contributed by atoms with Crippen molar-refractivity contribution in [2.24, 2.45) is 0 Å². The average Bonchev–Trinajstić information content (AvgIpc) is 2.16. The molecule has 1 aromatic carbocycles. The monoisotopic (exact) mass is 308 g/mol. The SMILES string of the molecule is O.O.O=C([O-])c1cccc([N+](=O)[O-])c1C(=O)[O-].[Cu+2]. The van der Waals surface area contributed by atoms with Gasteiger partial charge in [-0.2, -0.15) is 0 Å². The molecule has 10 heteroatoms. The van der Waals surface area contributed by atoms with Crippen molar-refractivity contribution in [1.82, 2.24) is 0 Å². The number of benzene rings is 1. The Kier molecular flexibility index (Phi) is 9.64. The molecule has 4 N–H and O–H groups in total. The minimum absolute atomic E-state index is 0. The molecule has 0 fully saturated rings. The smallest absolute Gasteiger partial charge is 0.545 e. The summed E-state index contributed by atoms with van der Waals surface area (Å²) in [6.45, 7) is 0. The molecule has 0 aliphatic rings. The second kappa shape index (κ2) is 8.14. The summed E-state index contributed by atoms with van der Waals surface area (Å²) in [5.41, 5.74) is -2.59. The molecule has 1 radical (unpaired) electrons. The average molecular weight is 309 g/mol. The zero-order chi connectivity index (χ0) is 11.6. The van der Waals surface area contributed by atoms with Crippen molar-refractivity contribution in [1.29, 1.82) is 0 Å². The van der Waals surface area contributed by atoms with Gasteiger partial charge >= 0.3 is 17.1 Å². The summed E-state index contributed by atoms with van der Waals surface area (Å²) in [5, 5.41) is 31.4. The Bertz CT molecular complexity index is 428. The molecule has 1 rings (SSSR count). The Hall–Kier alpha value is -2.00. The van der Waals surface area contributed by atoms with Crippen LogP contribution in [0.25, 0.3) is 0 Å². The van der Waals surface area contributed by atoms with Crippen molar-refractivity contribution in [3.05, 3.63) is 39.4 Å². The van der Waals surface area contributed by atoms with Gasteiger partial charge in [0.2, 0.25) is 0 Å². The Morgan fingerprint density at radius 3 is 1.89 bits per heavy atom. The second-order valence-corrected chi connectivity index (χ2v) is 2.53. The van der Waals surface area contributed by atoms with Crippen LogP contribution in [-0.4, -0.2) is 27.8 Å². The number of carbonyl (C=O) groups is 2. The van der Waals surface area contributed by atoms with Gasteiger partial charge in [0.15, 0.2) is 0 Å². The molecule has 0 bridgehead atoms. The Balaban J connectivity index is -0.000000750. The molecular weight excluding hydrogens is 302 g/mol. The molecule has 0 aromatic heterocycles. The van der Waals surface area contributed by atoms with Crippen LogP contribution >= 0.6 is 0 Å². The van der Waals surface area contributed by atoms with Gasteiger partial charge in [-0.3, -0.25) is 10.1 Å². The van der Waals surface area contributed by atoms with Crippen molar-refractivity contribution in [2.75, 3.05) is 0 Å². The molecule has 0 spiro atoms. The zero-order valence-electron chi connectivity index (χ0n) is 8.43. The van der Waals surface area contributed by atoms with Gasteiger partial charge < -0.3 is 30.8 Å². The number of hydrogen-bond acceptors (Lipinski definition) is 6. The molecule has 9 nitrogen and oxygen atoms in total. The minimum Gasteiger partial charge on any atom is -0.545 e. The van der Waals surface area contributed by atoms with Crippen LogP contribution in [0.5, 0.6) is 0 Å². The fourth-order valence-electron chi connectivity index (χ4n) is 1.08. The third-order valence-corrected chi connectivity index (χ3v) is 1.66. The molecular formula is C8H7CuNO8. The van der Waals surface area contributed by atoms with E-state index in [2.05, 4.69) is 0 Å². The number of carbonyl (C=O) groups excluding carboxylic acids is 2. The molecule has 0 aliphatic carbocycles. The maximum atomic E-state index is 10.5. The van der Waals surface area contributed by atoms with Gasteiger partial charge in [0.05, 0.1) is 22.4 Å². The van der Waals surface area contributed by atoms with Crippen LogP contribution in [0.3, 0.4) is 0 Å². The van der Waals surface area contributed by atoms with Crippen LogP contribution in [0.2, 0.25) is 0 Å². The van der Waals surface area contributed by atoms with Crippen LogP contribution in [0, 0.1) is 10.1 Å². The third-order valence-electron chi connectivity index (χ3n) is 1.66. The molecule has 0 amide bonds. The quantitative estimate of drug-likeness (QED) is 0.319. The van der Waals surface area contributed by atoms with E-state index in [1.165, 1.54) is 0 Å². The van der Waals surface area contributed by atoms with E-state index in [1.807, 2.05) is 0 Å². The maximum Gasteiger partial charge on any atom is 2.00 e. The van der Waals surface area contributed by atoms with E-state index in [0.717, 1.165) is 18.2 Å². The molecule has 1 aromatic rings. The molecule has 0 atom stereocenters. The first-order chi connectivity index (χ1) is 6.95. The van der Waals surface area contributed by atoms with E-state index in [-0.39, 0.29) is 28.0 Å². The van der Waals surface area contributed by atoms with E-state index >= 15 is 0 Å². The van der Waals surface area contributed by atoms with Crippen molar-refractivity contribution in [3.63, 3.8) is 0 Å². The Morgan fingerprint density at radius 1 is 1.06 bits per heavy atom. The Morgan fingerprint density at radius 2 is 1.56 bits per heavy atom. The van der Waals surface area contributed by atoms with E-state index < -0.39 is 33.7 Å². The fraction of sp³-hybridized carbons (Fsp3) is 0. The van der Waals surface area contributed by atoms with Gasteiger partial charge in [-0.1, -0.05) is 12.1 Å². The predicted octanol–water partition coefficient (Wildman–Crippen LogP) is -3.33. The van der Waals surface area contributed by atoms with Gasteiger partial charge in [0.25, 0.3) is 5.69 Å². The van der Waals surface area contributed by atoms with Crippen molar-refractivity contribution < 1.29 is 52.7 Å². The van der Waals surface area contributed by atoms with Crippen molar-refractivity contribution >= 4 is 17.6 Å². The minimum atomic E-state index is -1.93. The largest absolute Gasteiger partial charge is 2.00 e. The number of rotatable bonds is 3. The van der Waals surface area contributed by atoms with Gasteiger partial charge in [0.1, 0.15) is 0 Å². The number of carboxylic acids is 2. The van der Waals surface area contributed by atoms with Gasteiger partial charge in [-0.15, -0.1) is 0 Å². The first kappa shape index (κ1) is 21.3. The summed E-state index contributed by atoms with van der Waals surface area (Å²) in [7, 11) is 0. The molecule has 0 unspecified atom stereocenters. The first-order valence-electron chi connectivity index (χ1n) is 3.65.